The normalized spacial score (nSPS) is 9.95. The maximum absolute atomic E-state index is 12.9. The van der Waals surface area contributed by atoms with Crippen molar-refractivity contribution in [2.45, 2.75) is 26.4 Å². The second-order valence-electron chi connectivity index (χ2n) is 4.96. The molecule has 0 saturated carbocycles. The molecular weight excluding hydrogens is 259 g/mol. The molecule has 0 fully saturated rings. The Morgan fingerprint density at radius 1 is 1.40 bits per heavy atom. The first kappa shape index (κ1) is 15.5. The van der Waals surface area contributed by atoms with Gasteiger partial charge in [0.05, 0.1) is 12.1 Å². The number of amides is 1. The summed E-state index contributed by atoms with van der Waals surface area (Å²) in [4.78, 5) is 11.3. The summed E-state index contributed by atoms with van der Waals surface area (Å²) in [6, 6.07) is 5.63. The Morgan fingerprint density at radius 2 is 2.10 bits per heavy atom. The van der Waals surface area contributed by atoms with Gasteiger partial charge < -0.3 is 10.1 Å². The molecule has 0 aliphatic rings. The maximum atomic E-state index is 12.9. The number of carbonyl (C=O) groups excluding carboxylic acids is 1. The van der Waals surface area contributed by atoms with Gasteiger partial charge in [0, 0.05) is 5.56 Å². The van der Waals surface area contributed by atoms with Crippen molar-refractivity contribution in [3.8, 4) is 17.9 Å². The molecule has 0 bridgehead atoms. The van der Waals surface area contributed by atoms with E-state index in [0.29, 0.717) is 5.56 Å². The third kappa shape index (κ3) is 5.41. The fourth-order valence-corrected chi connectivity index (χ4v) is 1.29. The van der Waals surface area contributed by atoms with Gasteiger partial charge in [-0.15, -0.1) is 0 Å². The smallest absolute Gasteiger partial charge is 0.408 e. The zero-order valence-electron chi connectivity index (χ0n) is 11.6. The SMILES string of the molecule is CC(C)(C)OC(=O)NCC#Cc1ccc(F)cc1C#N. The Labute approximate surface area is 117 Å². The van der Waals surface area contributed by atoms with Crippen LogP contribution in [-0.4, -0.2) is 18.2 Å². The molecule has 0 saturated heterocycles. The van der Waals surface area contributed by atoms with Crippen LogP contribution >= 0.6 is 0 Å². The molecule has 0 spiro atoms. The van der Waals surface area contributed by atoms with Crippen molar-refractivity contribution in [2.24, 2.45) is 0 Å². The highest BCUT2D eigenvalue weighted by atomic mass is 19.1. The van der Waals surface area contributed by atoms with Crippen molar-refractivity contribution < 1.29 is 13.9 Å². The number of rotatable bonds is 1. The quantitative estimate of drug-likeness (QED) is 0.801. The Kier molecular flexibility index (Phi) is 5.11. The summed E-state index contributed by atoms with van der Waals surface area (Å²) in [7, 11) is 0. The van der Waals surface area contributed by atoms with Crippen molar-refractivity contribution in [1.82, 2.24) is 5.32 Å². The van der Waals surface area contributed by atoms with Crippen LogP contribution in [0, 0.1) is 29.0 Å². The number of hydrogen-bond acceptors (Lipinski definition) is 3. The number of nitriles is 1. The summed E-state index contributed by atoms with van der Waals surface area (Å²) < 4.78 is 17.9. The molecule has 0 heterocycles. The van der Waals surface area contributed by atoms with Gasteiger partial charge >= 0.3 is 6.09 Å². The van der Waals surface area contributed by atoms with Gasteiger partial charge in [0.2, 0.25) is 0 Å². The van der Waals surface area contributed by atoms with E-state index in [9.17, 15) is 9.18 Å². The predicted molar refractivity (Wildman–Crippen MR) is 72.2 cm³/mol. The van der Waals surface area contributed by atoms with Crippen molar-refractivity contribution in [1.29, 1.82) is 5.26 Å². The number of nitrogens with zero attached hydrogens (tertiary/aromatic N) is 1. The summed E-state index contributed by atoms with van der Waals surface area (Å²) in [5.74, 6) is 4.89. The number of carbonyl (C=O) groups is 1. The number of alkyl carbamates (subject to hydrolysis) is 1. The van der Waals surface area contributed by atoms with E-state index in [1.54, 1.807) is 20.8 Å². The zero-order chi connectivity index (χ0) is 15.2. The van der Waals surface area contributed by atoms with Gasteiger partial charge in [-0.2, -0.15) is 5.26 Å². The van der Waals surface area contributed by atoms with Crippen LogP contribution in [0.1, 0.15) is 31.9 Å². The lowest BCUT2D eigenvalue weighted by atomic mass is 10.1. The molecule has 104 valence electrons. The number of benzene rings is 1. The monoisotopic (exact) mass is 274 g/mol. The van der Waals surface area contributed by atoms with E-state index in [2.05, 4.69) is 17.2 Å². The van der Waals surface area contributed by atoms with Crippen LogP contribution in [0.15, 0.2) is 18.2 Å². The highest BCUT2D eigenvalue weighted by Crippen LogP contribution is 2.08. The molecular formula is C15H15FN2O2. The molecule has 1 rings (SSSR count). The summed E-state index contributed by atoms with van der Waals surface area (Å²) in [6.07, 6.45) is -0.564. The number of hydrogen-bond donors (Lipinski definition) is 1. The maximum Gasteiger partial charge on any atom is 0.408 e. The fraction of sp³-hybridized carbons (Fsp3) is 0.333. The van der Waals surface area contributed by atoms with E-state index in [-0.39, 0.29) is 12.1 Å². The largest absolute Gasteiger partial charge is 0.444 e. The van der Waals surface area contributed by atoms with Crippen LogP contribution in [0.25, 0.3) is 0 Å². The molecule has 1 amide bonds. The Hall–Kier alpha value is -2.53. The van der Waals surface area contributed by atoms with Gasteiger partial charge in [-0.3, -0.25) is 0 Å². The van der Waals surface area contributed by atoms with Gasteiger partial charge in [0.15, 0.2) is 0 Å². The predicted octanol–water partition coefficient (Wildman–Crippen LogP) is 2.57. The minimum atomic E-state index is -0.567. The summed E-state index contributed by atoms with van der Waals surface area (Å²) in [5.41, 5.74) is 0.0114. The number of nitrogens with one attached hydrogen (secondary N) is 1. The molecule has 1 N–H and O–H groups in total. The zero-order valence-corrected chi connectivity index (χ0v) is 11.6. The molecule has 0 aromatic heterocycles. The van der Waals surface area contributed by atoms with Gasteiger partial charge in [-0.05, 0) is 39.0 Å². The number of halogens is 1. The van der Waals surface area contributed by atoms with Crippen LogP contribution in [0.5, 0.6) is 0 Å². The van der Waals surface area contributed by atoms with E-state index >= 15 is 0 Å². The van der Waals surface area contributed by atoms with Crippen molar-refractivity contribution in [3.63, 3.8) is 0 Å². The van der Waals surface area contributed by atoms with Crippen LogP contribution in [0.2, 0.25) is 0 Å². The first-order chi connectivity index (χ1) is 9.31. The van der Waals surface area contributed by atoms with E-state index < -0.39 is 17.5 Å². The Bertz CT molecular complexity index is 601. The first-order valence-electron chi connectivity index (χ1n) is 5.97. The molecule has 0 atom stereocenters. The lowest BCUT2D eigenvalue weighted by Crippen LogP contribution is -2.32. The molecule has 0 unspecified atom stereocenters. The third-order valence-corrected chi connectivity index (χ3v) is 2.05. The molecule has 0 aliphatic heterocycles. The van der Waals surface area contributed by atoms with Crippen molar-refractivity contribution >= 4 is 6.09 Å². The van der Waals surface area contributed by atoms with E-state index in [1.165, 1.54) is 12.1 Å². The van der Waals surface area contributed by atoms with E-state index in [0.717, 1.165) is 6.07 Å². The second kappa shape index (κ2) is 6.58. The molecule has 0 aliphatic carbocycles. The molecule has 4 nitrogen and oxygen atoms in total. The standard InChI is InChI=1S/C15H15FN2O2/c1-15(2,3)20-14(19)18-8-4-5-11-6-7-13(16)9-12(11)10-17/h6-7,9H,8H2,1-3H3,(H,18,19). The lowest BCUT2D eigenvalue weighted by Gasteiger charge is -2.18. The molecule has 1 aromatic rings. The third-order valence-electron chi connectivity index (χ3n) is 2.05. The van der Waals surface area contributed by atoms with Crippen LogP contribution in [0.3, 0.4) is 0 Å². The first-order valence-corrected chi connectivity index (χ1v) is 5.97. The molecule has 1 aromatic carbocycles. The highest BCUT2D eigenvalue weighted by Gasteiger charge is 2.14. The lowest BCUT2D eigenvalue weighted by molar-refractivity contribution is 0.0535. The van der Waals surface area contributed by atoms with Crippen LogP contribution in [-0.2, 0) is 4.74 Å². The minimum absolute atomic E-state index is 0.0805. The minimum Gasteiger partial charge on any atom is -0.444 e. The van der Waals surface area contributed by atoms with Crippen LogP contribution < -0.4 is 5.32 Å². The van der Waals surface area contributed by atoms with E-state index in [4.69, 9.17) is 10.00 Å². The fourth-order valence-electron chi connectivity index (χ4n) is 1.29. The Morgan fingerprint density at radius 3 is 2.70 bits per heavy atom. The average molecular weight is 274 g/mol. The number of ether oxygens (including phenoxy) is 1. The van der Waals surface area contributed by atoms with Gasteiger partial charge in [-0.1, -0.05) is 11.8 Å². The van der Waals surface area contributed by atoms with Gasteiger partial charge in [0.25, 0.3) is 0 Å². The van der Waals surface area contributed by atoms with Crippen molar-refractivity contribution in [2.75, 3.05) is 6.54 Å². The van der Waals surface area contributed by atoms with E-state index in [1.807, 2.05) is 6.07 Å². The summed E-state index contributed by atoms with van der Waals surface area (Å²) in [5, 5.41) is 11.3. The summed E-state index contributed by atoms with van der Waals surface area (Å²) in [6.45, 7) is 5.36. The van der Waals surface area contributed by atoms with Gasteiger partial charge in [-0.25, -0.2) is 9.18 Å². The van der Waals surface area contributed by atoms with Gasteiger partial charge in [0.1, 0.15) is 17.5 Å². The highest BCUT2D eigenvalue weighted by molar-refractivity contribution is 5.68. The van der Waals surface area contributed by atoms with Crippen LogP contribution in [0.4, 0.5) is 9.18 Å². The second-order valence-corrected chi connectivity index (χ2v) is 4.96. The Balaban J connectivity index is 2.60. The molecule has 0 radical (unpaired) electrons. The molecule has 20 heavy (non-hydrogen) atoms. The molecule has 5 heteroatoms. The average Bonchev–Trinajstić information content (AvgIpc) is 2.33. The summed E-state index contributed by atoms with van der Waals surface area (Å²) >= 11 is 0. The van der Waals surface area contributed by atoms with Crippen molar-refractivity contribution in [3.05, 3.63) is 35.1 Å². The topological polar surface area (TPSA) is 62.1 Å².